The summed E-state index contributed by atoms with van der Waals surface area (Å²) in [6.45, 7) is 3.63. The maximum Gasteiger partial charge on any atom is 0.303 e. The van der Waals surface area contributed by atoms with Gasteiger partial charge >= 0.3 is 17.9 Å². The van der Waals surface area contributed by atoms with Gasteiger partial charge in [0.05, 0.1) is 6.04 Å². The molecule has 0 unspecified atom stereocenters. The van der Waals surface area contributed by atoms with E-state index in [9.17, 15) is 14.4 Å². The molecule has 1 aliphatic heterocycles. The van der Waals surface area contributed by atoms with Crippen molar-refractivity contribution in [3.8, 4) is 0 Å². The lowest BCUT2D eigenvalue weighted by Crippen LogP contribution is -2.63. The second-order valence-electron chi connectivity index (χ2n) is 5.47. The molecular weight excluding hydrogens is 326 g/mol. The van der Waals surface area contributed by atoms with Crippen LogP contribution in [0.4, 0.5) is 0 Å². The van der Waals surface area contributed by atoms with Crippen LogP contribution in [0.1, 0.15) is 20.8 Å². The summed E-state index contributed by atoms with van der Waals surface area (Å²) in [6, 6.07) is -0.444. The Kier molecular flexibility index (Phi) is 7.30. The van der Waals surface area contributed by atoms with Gasteiger partial charge in [-0.25, -0.2) is 0 Å². The monoisotopic (exact) mass is 349 g/mol. The molecule has 0 spiro atoms. The summed E-state index contributed by atoms with van der Waals surface area (Å²) < 4.78 is 21.3. The summed E-state index contributed by atoms with van der Waals surface area (Å²) in [7, 11) is 3.54. The molecule has 5 atom stereocenters. The third-order valence-corrected chi connectivity index (χ3v) is 3.71. The van der Waals surface area contributed by atoms with Gasteiger partial charge in [-0.3, -0.25) is 19.3 Å². The minimum atomic E-state index is -0.911. The number of carbonyl (C=O) groups excluding carboxylic acids is 3. The van der Waals surface area contributed by atoms with E-state index in [1.165, 1.54) is 20.8 Å². The predicted octanol–water partition coefficient (Wildman–Crippen LogP) is -0.00220. The smallest absolute Gasteiger partial charge is 0.303 e. The van der Waals surface area contributed by atoms with Crippen LogP contribution in [0.2, 0.25) is 0 Å². The number of rotatable bonds is 5. The van der Waals surface area contributed by atoms with Crippen LogP contribution in [0.15, 0.2) is 0 Å². The highest BCUT2D eigenvalue weighted by molar-refractivity contribution is 7.80. The van der Waals surface area contributed by atoms with Gasteiger partial charge in [-0.05, 0) is 14.1 Å². The average molecular weight is 349 g/mol. The molecule has 8 nitrogen and oxygen atoms in total. The van der Waals surface area contributed by atoms with E-state index >= 15 is 0 Å². The minimum absolute atomic E-state index is 0.137. The number of nitrogens with zero attached hydrogens (tertiary/aromatic N) is 1. The fraction of sp³-hybridized carbons (Fsp3) is 0.786. The maximum absolute atomic E-state index is 11.5. The number of ether oxygens (including phenoxy) is 4. The molecule has 1 fully saturated rings. The van der Waals surface area contributed by atoms with Gasteiger partial charge in [-0.1, -0.05) is 0 Å². The van der Waals surface area contributed by atoms with Crippen LogP contribution in [0.5, 0.6) is 0 Å². The maximum atomic E-state index is 11.5. The van der Waals surface area contributed by atoms with E-state index < -0.39 is 47.7 Å². The van der Waals surface area contributed by atoms with Crippen molar-refractivity contribution in [2.24, 2.45) is 0 Å². The van der Waals surface area contributed by atoms with Crippen LogP contribution < -0.4 is 0 Å². The van der Waals surface area contributed by atoms with Crippen molar-refractivity contribution in [1.82, 2.24) is 4.90 Å². The first-order chi connectivity index (χ1) is 10.6. The fourth-order valence-corrected chi connectivity index (χ4v) is 3.04. The number of hydrogen-bond acceptors (Lipinski definition) is 9. The SMILES string of the molecule is CC(=O)OC[C@H]1O[C@@H](S)[C@@H](N(C)C)[C@@H](OC(C)=O)[C@@H]1OC(C)=O. The van der Waals surface area contributed by atoms with Gasteiger partial charge in [-0.15, -0.1) is 12.6 Å². The highest BCUT2D eigenvalue weighted by Crippen LogP contribution is 2.30. The van der Waals surface area contributed by atoms with Crippen molar-refractivity contribution in [2.45, 2.75) is 50.6 Å². The van der Waals surface area contributed by atoms with Crippen LogP contribution in [-0.4, -0.2) is 73.3 Å². The van der Waals surface area contributed by atoms with Gasteiger partial charge in [0.1, 0.15) is 18.1 Å². The first-order valence-corrected chi connectivity index (χ1v) is 7.63. The molecule has 0 aliphatic carbocycles. The molecule has 132 valence electrons. The molecule has 1 saturated heterocycles. The molecule has 0 saturated carbocycles. The van der Waals surface area contributed by atoms with Crippen LogP contribution in [0.3, 0.4) is 0 Å². The Labute approximate surface area is 140 Å². The van der Waals surface area contributed by atoms with Crippen LogP contribution in [-0.2, 0) is 33.3 Å². The number of thiol groups is 1. The van der Waals surface area contributed by atoms with Crippen molar-refractivity contribution < 1.29 is 33.3 Å². The lowest BCUT2D eigenvalue weighted by molar-refractivity contribution is -0.219. The van der Waals surface area contributed by atoms with Gasteiger partial charge in [0, 0.05) is 20.8 Å². The molecule has 0 aromatic heterocycles. The molecular formula is C14H23NO7S. The molecule has 9 heteroatoms. The van der Waals surface area contributed by atoms with E-state index in [0.29, 0.717) is 0 Å². The Hall–Kier alpha value is -1.32. The zero-order valence-electron chi connectivity index (χ0n) is 13.8. The van der Waals surface area contributed by atoms with E-state index in [4.69, 9.17) is 18.9 Å². The van der Waals surface area contributed by atoms with Crippen LogP contribution >= 0.6 is 12.6 Å². The van der Waals surface area contributed by atoms with Gasteiger partial charge in [0.2, 0.25) is 0 Å². The Balaban J connectivity index is 3.09. The van der Waals surface area contributed by atoms with Crippen molar-refractivity contribution in [3.05, 3.63) is 0 Å². The van der Waals surface area contributed by atoms with Crippen molar-refractivity contribution in [3.63, 3.8) is 0 Å². The third kappa shape index (κ3) is 5.67. The van der Waals surface area contributed by atoms with Gasteiger partial charge < -0.3 is 18.9 Å². The Bertz CT molecular complexity index is 456. The molecule has 0 aromatic rings. The summed E-state index contributed by atoms with van der Waals surface area (Å²) in [5, 5.41) is 0. The van der Waals surface area contributed by atoms with E-state index in [0.717, 1.165) is 0 Å². The largest absolute Gasteiger partial charge is 0.463 e. The fourth-order valence-electron chi connectivity index (χ4n) is 2.45. The van der Waals surface area contributed by atoms with E-state index in [1.54, 1.807) is 19.0 Å². The standard InChI is InChI=1S/C14H23NO7S/c1-7(16)19-6-10-12(20-8(2)17)13(21-9(3)18)11(15(4)5)14(23)22-10/h10-14,23H,6H2,1-5H3/t10-,11+,12-,13-,14+/m1/s1. The molecule has 23 heavy (non-hydrogen) atoms. The van der Waals surface area contributed by atoms with Gasteiger partial charge in [-0.2, -0.15) is 0 Å². The first kappa shape index (κ1) is 19.7. The second kappa shape index (κ2) is 8.51. The van der Waals surface area contributed by atoms with Gasteiger partial charge in [0.25, 0.3) is 0 Å². The topological polar surface area (TPSA) is 91.4 Å². The third-order valence-electron chi connectivity index (χ3n) is 3.28. The zero-order chi connectivity index (χ0) is 17.7. The molecule has 0 bridgehead atoms. The number of hydrogen-bond donors (Lipinski definition) is 1. The first-order valence-electron chi connectivity index (χ1n) is 7.11. The van der Waals surface area contributed by atoms with Crippen molar-refractivity contribution >= 4 is 30.5 Å². The molecule has 0 amide bonds. The quantitative estimate of drug-likeness (QED) is 0.421. The Morgan fingerprint density at radius 3 is 1.96 bits per heavy atom. The average Bonchev–Trinajstić information content (AvgIpc) is 2.38. The molecule has 1 rings (SSSR count). The Morgan fingerprint density at radius 2 is 1.52 bits per heavy atom. The Morgan fingerprint density at radius 1 is 1.00 bits per heavy atom. The molecule has 0 aromatic carbocycles. The highest BCUT2D eigenvalue weighted by atomic mass is 32.1. The molecule has 1 heterocycles. The van der Waals surface area contributed by atoms with Crippen LogP contribution in [0.25, 0.3) is 0 Å². The second-order valence-corrected chi connectivity index (χ2v) is 5.98. The zero-order valence-corrected chi connectivity index (χ0v) is 14.7. The summed E-state index contributed by atoms with van der Waals surface area (Å²) in [6.07, 6.45) is -2.50. The summed E-state index contributed by atoms with van der Waals surface area (Å²) >= 11 is 4.38. The van der Waals surface area contributed by atoms with Gasteiger partial charge in [0.15, 0.2) is 12.2 Å². The molecule has 0 N–H and O–H groups in total. The summed E-state index contributed by atoms with van der Waals surface area (Å²) in [5.74, 6) is -1.57. The number of esters is 3. The highest BCUT2D eigenvalue weighted by Gasteiger charge is 2.50. The molecule has 1 aliphatic rings. The minimum Gasteiger partial charge on any atom is -0.463 e. The lowest BCUT2D eigenvalue weighted by Gasteiger charge is -2.46. The van der Waals surface area contributed by atoms with Crippen molar-refractivity contribution in [2.75, 3.05) is 20.7 Å². The van der Waals surface area contributed by atoms with Crippen molar-refractivity contribution in [1.29, 1.82) is 0 Å². The normalized spacial score (nSPS) is 30.7. The summed E-state index contributed by atoms with van der Waals surface area (Å²) in [4.78, 5) is 35.7. The predicted molar refractivity (Wildman–Crippen MR) is 82.9 cm³/mol. The van der Waals surface area contributed by atoms with Crippen LogP contribution in [0, 0.1) is 0 Å². The number of carbonyl (C=O) groups is 3. The lowest BCUT2D eigenvalue weighted by atomic mass is 9.96. The van der Waals surface area contributed by atoms with E-state index in [-0.39, 0.29) is 6.61 Å². The van der Waals surface area contributed by atoms with E-state index in [2.05, 4.69) is 12.6 Å². The number of likely N-dealkylation sites (N-methyl/N-ethyl adjacent to an activating group) is 1. The van der Waals surface area contributed by atoms with E-state index in [1.807, 2.05) is 0 Å². The summed E-state index contributed by atoms with van der Waals surface area (Å²) in [5.41, 5.74) is -0.623. The molecule has 0 radical (unpaired) electrons.